The summed E-state index contributed by atoms with van der Waals surface area (Å²) in [5.41, 5.74) is 1.25. The molecular formula is C16H23IN4O2S2. The van der Waals surface area contributed by atoms with E-state index in [0.717, 1.165) is 0 Å². The van der Waals surface area contributed by atoms with Crippen molar-refractivity contribution in [2.75, 3.05) is 20.1 Å². The van der Waals surface area contributed by atoms with Crippen LogP contribution in [-0.2, 0) is 16.6 Å². The minimum absolute atomic E-state index is 0. The van der Waals surface area contributed by atoms with Crippen LogP contribution in [0.3, 0.4) is 0 Å². The second-order valence-electron chi connectivity index (χ2n) is 5.09. The van der Waals surface area contributed by atoms with Crippen molar-refractivity contribution >= 4 is 51.3 Å². The highest BCUT2D eigenvalue weighted by Crippen LogP contribution is 2.14. The van der Waals surface area contributed by atoms with Crippen LogP contribution in [0.1, 0.15) is 10.4 Å². The molecule has 0 radical (unpaired) electrons. The first-order valence-corrected chi connectivity index (χ1v) is 9.91. The molecule has 1 aromatic carbocycles. The van der Waals surface area contributed by atoms with E-state index in [-0.39, 0.29) is 35.4 Å². The average Bonchev–Trinajstić information content (AvgIpc) is 3.00. The van der Waals surface area contributed by atoms with Crippen molar-refractivity contribution in [2.45, 2.75) is 18.4 Å². The third-order valence-electron chi connectivity index (χ3n) is 3.37. The van der Waals surface area contributed by atoms with Gasteiger partial charge in [0.15, 0.2) is 5.96 Å². The first kappa shape index (κ1) is 21.9. The van der Waals surface area contributed by atoms with Crippen LogP contribution in [0.2, 0.25) is 0 Å². The van der Waals surface area contributed by atoms with Gasteiger partial charge in [0.2, 0.25) is 10.0 Å². The predicted molar refractivity (Wildman–Crippen MR) is 114 cm³/mol. The van der Waals surface area contributed by atoms with E-state index in [4.69, 9.17) is 0 Å². The minimum Gasteiger partial charge on any atom is -0.355 e. The first-order valence-electron chi connectivity index (χ1n) is 7.55. The number of rotatable bonds is 7. The number of aliphatic imine (C=N–C) groups is 1. The van der Waals surface area contributed by atoms with Gasteiger partial charge >= 0.3 is 0 Å². The van der Waals surface area contributed by atoms with Crippen molar-refractivity contribution in [3.05, 3.63) is 52.2 Å². The maximum Gasteiger partial charge on any atom is 0.240 e. The number of hydrogen-bond donors (Lipinski definition) is 3. The van der Waals surface area contributed by atoms with Gasteiger partial charge in [-0.25, -0.2) is 13.1 Å². The lowest BCUT2D eigenvalue weighted by atomic mass is 10.3. The molecule has 0 aliphatic heterocycles. The van der Waals surface area contributed by atoms with Crippen LogP contribution in [0.15, 0.2) is 51.7 Å². The van der Waals surface area contributed by atoms with E-state index < -0.39 is 10.0 Å². The van der Waals surface area contributed by atoms with Gasteiger partial charge in [0.05, 0.1) is 11.4 Å². The molecule has 6 nitrogen and oxygen atoms in total. The van der Waals surface area contributed by atoms with Crippen LogP contribution >= 0.6 is 35.3 Å². The van der Waals surface area contributed by atoms with Crippen molar-refractivity contribution in [1.82, 2.24) is 15.4 Å². The fourth-order valence-electron chi connectivity index (χ4n) is 2.02. The number of nitrogens with one attached hydrogen (secondary N) is 3. The van der Waals surface area contributed by atoms with E-state index >= 15 is 0 Å². The first-order chi connectivity index (χ1) is 11.5. The van der Waals surface area contributed by atoms with Gasteiger partial charge in [0.25, 0.3) is 0 Å². The summed E-state index contributed by atoms with van der Waals surface area (Å²) in [5.74, 6) is 0.640. The summed E-state index contributed by atoms with van der Waals surface area (Å²) in [4.78, 5) is 5.65. The molecule has 2 rings (SSSR count). The number of hydrogen-bond acceptors (Lipinski definition) is 4. The Balaban J connectivity index is 0.00000312. The molecule has 25 heavy (non-hydrogen) atoms. The SMILES string of the molecule is CN=C(NCCNS(=O)(=O)c1ccccc1)NCc1sccc1C.I. The predicted octanol–water partition coefficient (Wildman–Crippen LogP) is 2.32. The van der Waals surface area contributed by atoms with Crippen LogP contribution < -0.4 is 15.4 Å². The van der Waals surface area contributed by atoms with Crippen LogP contribution in [0.5, 0.6) is 0 Å². The van der Waals surface area contributed by atoms with E-state index in [1.165, 1.54) is 10.4 Å². The Morgan fingerprint density at radius 2 is 1.84 bits per heavy atom. The van der Waals surface area contributed by atoms with Gasteiger partial charge in [-0.05, 0) is 36.1 Å². The number of benzene rings is 1. The molecule has 0 spiro atoms. The smallest absolute Gasteiger partial charge is 0.240 e. The highest BCUT2D eigenvalue weighted by molar-refractivity contribution is 14.0. The number of halogens is 1. The number of nitrogens with zero attached hydrogens (tertiary/aromatic N) is 1. The van der Waals surface area contributed by atoms with Crippen molar-refractivity contribution in [2.24, 2.45) is 4.99 Å². The van der Waals surface area contributed by atoms with Crippen molar-refractivity contribution < 1.29 is 8.42 Å². The number of sulfonamides is 1. The zero-order valence-electron chi connectivity index (χ0n) is 14.2. The van der Waals surface area contributed by atoms with Gasteiger partial charge in [-0.15, -0.1) is 35.3 Å². The third kappa shape index (κ3) is 6.92. The number of aryl methyl sites for hydroxylation is 1. The summed E-state index contributed by atoms with van der Waals surface area (Å²) in [5, 5.41) is 8.36. The summed E-state index contributed by atoms with van der Waals surface area (Å²) in [6, 6.07) is 10.4. The molecule has 3 N–H and O–H groups in total. The van der Waals surface area contributed by atoms with E-state index in [2.05, 4.69) is 38.7 Å². The van der Waals surface area contributed by atoms with Crippen LogP contribution in [0, 0.1) is 6.92 Å². The minimum atomic E-state index is -3.47. The van der Waals surface area contributed by atoms with E-state index in [1.807, 2.05) is 0 Å². The zero-order valence-corrected chi connectivity index (χ0v) is 18.1. The van der Waals surface area contributed by atoms with Crippen LogP contribution in [0.25, 0.3) is 0 Å². The highest BCUT2D eigenvalue weighted by atomic mass is 127. The molecule has 138 valence electrons. The van der Waals surface area contributed by atoms with Gasteiger partial charge in [-0.3, -0.25) is 4.99 Å². The van der Waals surface area contributed by atoms with Crippen LogP contribution in [-0.4, -0.2) is 34.5 Å². The lowest BCUT2D eigenvalue weighted by Crippen LogP contribution is -2.41. The summed E-state index contributed by atoms with van der Waals surface area (Å²) < 4.78 is 26.7. The number of guanidine groups is 1. The molecule has 0 atom stereocenters. The molecule has 1 heterocycles. The molecule has 2 aromatic rings. The normalized spacial score (nSPS) is 11.7. The molecule has 0 unspecified atom stereocenters. The Hall–Kier alpha value is -1.17. The Labute approximate surface area is 170 Å². The van der Waals surface area contributed by atoms with Gasteiger partial charge in [0.1, 0.15) is 0 Å². The molecule has 0 bridgehead atoms. The standard InChI is InChI=1S/C16H22N4O2S2.HI/c1-13-8-11-23-15(13)12-19-16(17-2)18-9-10-20-24(21,22)14-6-4-3-5-7-14;/h3-8,11,20H,9-10,12H2,1-2H3,(H2,17,18,19);1H. The Bertz CT molecular complexity index is 776. The highest BCUT2D eigenvalue weighted by Gasteiger charge is 2.12. The van der Waals surface area contributed by atoms with Crippen LogP contribution in [0.4, 0.5) is 0 Å². The fraction of sp³-hybridized carbons (Fsp3) is 0.312. The lowest BCUT2D eigenvalue weighted by molar-refractivity contribution is 0.580. The lowest BCUT2D eigenvalue weighted by Gasteiger charge is -2.12. The Morgan fingerprint density at radius 1 is 1.12 bits per heavy atom. The Kier molecular flexibility index (Phi) is 9.39. The average molecular weight is 494 g/mol. The van der Waals surface area contributed by atoms with E-state index in [1.54, 1.807) is 48.7 Å². The quantitative estimate of drug-likeness (QED) is 0.239. The Morgan fingerprint density at radius 3 is 2.44 bits per heavy atom. The second kappa shape index (κ2) is 10.7. The summed E-state index contributed by atoms with van der Waals surface area (Å²) in [7, 11) is -1.78. The maximum absolute atomic E-state index is 12.1. The molecule has 0 saturated heterocycles. The topological polar surface area (TPSA) is 82.6 Å². The third-order valence-corrected chi connectivity index (χ3v) is 5.87. The molecule has 0 fully saturated rings. The van der Waals surface area contributed by atoms with Crippen molar-refractivity contribution in [3.8, 4) is 0 Å². The van der Waals surface area contributed by atoms with Gasteiger partial charge in [-0.2, -0.15) is 0 Å². The molecule has 0 amide bonds. The fourth-order valence-corrected chi connectivity index (χ4v) is 3.92. The monoisotopic (exact) mass is 494 g/mol. The molecule has 9 heteroatoms. The summed E-state index contributed by atoms with van der Waals surface area (Å²) in [6.45, 7) is 3.48. The largest absolute Gasteiger partial charge is 0.355 e. The molecule has 0 aliphatic carbocycles. The van der Waals surface area contributed by atoms with Gasteiger partial charge < -0.3 is 10.6 Å². The molecule has 1 aromatic heterocycles. The second-order valence-corrected chi connectivity index (χ2v) is 7.86. The zero-order chi connectivity index (χ0) is 17.4. The van der Waals surface area contributed by atoms with Crippen molar-refractivity contribution in [1.29, 1.82) is 0 Å². The molecular weight excluding hydrogens is 471 g/mol. The number of thiophene rings is 1. The maximum atomic E-state index is 12.1. The summed E-state index contributed by atoms with van der Waals surface area (Å²) >= 11 is 1.69. The van der Waals surface area contributed by atoms with Crippen molar-refractivity contribution in [3.63, 3.8) is 0 Å². The molecule has 0 saturated carbocycles. The summed E-state index contributed by atoms with van der Waals surface area (Å²) in [6.07, 6.45) is 0. The molecule has 0 aliphatic rings. The van der Waals surface area contributed by atoms with Gasteiger partial charge in [0, 0.05) is 25.0 Å². The van der Waals surface area contributed by atoms with Gasteiger partial charge in [-0.1, -0.05) is 18.2 Å². The van der Waals surface area contributed by atoms with E-state index in [9.17, 15) is 8.42 Å². The van der Waals surface area contributed by atoms with E-state index in [0.29, 0.717) is 19.0 Å².